The highest BCUT2D eigenvalue weighted by molar-refractivity contribution is 5.29. The van der Waals surface area contributed by atoms with Crippen molar-refractivity contribution < 1.29 is 5.11 Å². The molecule has 2 heteroatoms. The van der Waals surface area contributed by atoms with E-state index >= 15 is 0 Å². The van der Waals surface area contributed by atoms with Crippen LogP contribution in [0.4, 0.5) is 0 Å². The monoisotopic (exact) mass is 241 g/mol. The number of phenols is 1. The molecule has 1 unspecified atom stereocenters. The molecule has 0 bridgehead atoms. The Morgan fingerprint density at radius 3 is 2.11 bits per heavy atom. The molecule has 0 aliphatic carbocycles. The molecule has 0 spiro atoms. The number of benzene rings is 2. The Bertz CT molecular complexity index is 495. The summed E-state index contributed by atoms with van der Waals surface area (Å²) in [5.74, 6) is 0.313. The van der Waals surface area contributed by atoms with Gasteiger partial charge in [-0.1, -0.05) is 42.5 Å². The van der Waals surface area contributed by atoms with Crippen molar-refractivity contribution in [3.63, 3.8) is 0 Å². The van der Waals surface area contributed by atoms with Crippen LogP contribution < -0.4 is 5.32 Å². The molecule has 2 aromatic rings. The number of rotatable bonds is 4. The summed E-state index contributed by atoms with van der Waals surface area (Å²) >= 11 is 0. The van der Waals surface area contributed by atoms with Gasteiger partial charge in [0.15, 0.2) is 0 Å². The Balaban J connectivity index is 2.05. The largest absolute Gasteiger partial charge is 0.508 e. The van der Waals surface area contributed by atoms with Crippen molar-refractivity contribution in [2.75, 3.05) is 0 Å². The first-order valence-corrected chi connectivity index (χ1v) is 6.27. The quantitative estimate of drug-likeness (QED) is 0.853. The third-order valence-electron chi connectivity index (χ3n) is 3.17. The van der Waals surface area contributed by atoms with Gasteiger partial charge in [-0.25, -0.2) is 0 Å². The van der Waals surface area contributed by atoms with E-state index in [1.807, 2.05) is 30.3 Å². The van der Waals surface area contributed by atoms with E-state index in [1.54, 1.807) is 12.1 Å². The lowest BCUT2D eigenvalue weighted by molar-refractivity contribution is 0.466. The highest BCUT2D eigenvalue weighted by Gasteiger charge is 2.10. The van der Waals surface area contributed by atoms with E-state index in [0.717, 1.165) is 5.56 Å². The molecule has 0 saturated heterocycles. The second kappa shape index (κ2) is 5.69. The summed E-state index contributed by atoms with van der Waals surface area (Å²) in [6, 6.07) is 18.2. The Hall–Kier alpha value is -1.80. The van der Waals surface area contributed by atoms with Gasteiger partial charge in [-0.2, -0.15) is 0 Å². The lowest BCUT2D eigenvalue weighted by Gasteiger charge is -2.20. The molecule has 2 atom stereocenters. The van der Waals surface area contributed by atoms with Crippen molar-refractivity contribution in [1.82, 2.24) is 5.32 Å². The summed E-state index contributed by atoms with van der Waals surface area (Å²) in [5.41, 5.74) is 2.36. The van der Waals surface area contributed by atoms with Gasteiger partial charge < -0.3 is 10.4 Å². The molecule has 0 radical (unpaired) electrons. The van der Waals surface area contributed by atoms with Crippen LogP contribution in [0.5, 0.6) is 5.75 Å². The molecular formula is C16H19NO. The second-order valence-corrected chi connectivity index (χ2v) is 4.62. The molecule has 2 rings (SSSR count). The second-order valence-electron chi connectivity index (χ2n) is 4.62. The van der Waals surface area contributed by atoms with E-state index in [9.17, 15) is 5.11 Å². The van der Waals surface area contributed by atoms with Crippen LogP contribution >= 0.6 is 0 Å². The predicted molar refractivity (Wildman–Crippen MR) is 74.5 cm³/mol. The smallest absolute Gasteiger partial charge is 0.115 e. The lowest BCUT2D eigenvalue weighted by Crippen LogP contribution is -2.22. The summed E-state index contributed by atoms with van der Waals surface area (Å²) in [5, 5.41) is 13.0. The Morgan fingerprint density at radius 1 is 0.833 bits per heavy atom. The van der Waals surface area contributed by atoms with Gasteiger partial charge in [0.1, 0.15) is 5.75 Å². The van der Waals surface area contributed by atoms with Gasteiger partial charge in [0, 0.05) is 12.1 Å². The minimum atomic E-state index is 0.201. The molecule has 2 aromatic carbocycles. The molecule has 0 aromatic heterocycles. The van der Waals surface area contributed by atoms with Gasteiger partial charge in [-0.3, -0.25) is 0 Å². The van der Waals surface area contributed by atoms with E-state index < -0.39 is 0 Å². The summed E-state index contributed by atoms with van der Waals surface area (Å²) in [4.78, 5) is 0. The van der Waals surface area contributed by atoms with Crippen molar-refractivity contribution in [2.24, 2.45) is 0 Å². The minimum Gasteiger partial charge on any atom is -0.508 e. The Morgan fingerprint density at radius 2 is 1.44 bits per heavy atom. The zero-order valence-corrected chi connectivity index (χ0v) is 10.8. The van der Waals surface area contributed by atoms with Crippen molar-refractivity contribution in [2.45, 2.75) is 25.9 Å². The van der Waals surface area contributed by atoms with Gasteiger partial charge in [0.05, 0.1) is 0 Å². The van der Waals surface area contributed by atoms with Crippen LogP contribution in [0.1, 0.15) is 37.1 Å². The molecular weight excluding hydrogens is 222 g/mol. The zero-order chi connectivity index (χ0) is 13.0. The van der Waals surface area contributed by atoms with Crippen molar-refractivity contribution >= 4 is 0 Å². The van der Waals surface area contributed by atoms with Crippen LogP contribution in [0.3, 0.4) is 0 Å². The number of hydrogen-bond donors (Lipinski definition) is 2. The first-order chi connectivity index (χ1) is 8.66. The third-order valence-corrected chi connectivity index (χ3v) is 3.17. The fourth-order valence-electron chi connectivity index (χ4n) is 2.10. The summed E-state index contributed by atoms with van der Waals surface area (Å²) in [7, 11) is 0. The standard InChI is InChI=1S/C16H19NO/c1-12(14-7-4-3-5-8-14)17-13(2)15-9-6-10-16(18)11-15/h3-13,17-18H,1-2H3/t12-,13?/m0/s1. The number of nitrogens with one attached hydrogen (secondary N) is 1. The Kier molecular flexibility index (Phi) is 4.00. The van der Waals surface area contributed by atoms with Crippen LogP contribution in [0, 0.1) is 0 Å². The summed E-state index contributed by atoms with van der Waals surface area (Å²) in [6.07, 6.45) is 0. The summed E-state index contributed by atoms with van der Waals surface area (Å²) in [6.45, 7) is 4.25. The predicted octanol–water partition coefficient (Wildman–Crippen LogP) is 3.80. The highest BCUT2D eigenvalue weighted by Crippen LogP contribution is 2.21. The van der Waals surface area contributed by atoms with Gasteiger partial charge in [0.2, 0.25) is 0 Å². The van der Waals surface area contributed by atoms with E-state index in [0.29, 0.717) is 5.75 Å². The Labute approximate surface area is 108 Å². The number of aromatic hydroxyl groups is 1. The normalized spacial score (nSPS) is 14.1. The number of phenolic OH excluding ortho intramolecular Hbond substituents is 1. The fourth-order valence-corrected chi connectivity index (χ4v) is 2.10. The van der Waals surface area contributed by atoms with Crippen LogP contribution in [0.2, 0.25) is 0 Å². The lowest BCUT2D eigenvalue weighted by atomic mass is 10.0. The molecule has 2 nitrogen and oxygen atoms in total. The fraction of sp³-hybridized carbons (Fsp3) is 0.250. The van der Waals surface area contributed by atoms with E-state index in [1.165, 1.54) is 5.56 Å². The first-order valence-electron chi connectivity index (χ1n) is 6.27. The molecule has 0 heterocycles. The molecule has 0 saturated carbocycles. The first kappa shape index (κ1) is 12.7. The molecule has 94 valence electrons. The highest BCUT2D eigenvalue weighted by atomic mass is 16.3. The maximum Gasteiger partial charge on any atom is 0.115 e. The van der Waals surface area contributed by atoms with Crippen LogP contribution in [-0.4, -0.2) is 5.11 Å². The topological polar surface area (TPSA) is 32.3 Å². The van der Waals surface area contributed by atoms with Crippen LogP contribution in [-0.2, 0) is 0 Å². The SMILES string of the molecule is CC(N[C@@H](C)c1ccccc1)c1cccc(O)c1. The van der Waals surface area contributed by atoms with Gasteiger partial charge >= 0.3 is 0 Å². The molecule has 2 N–H and O–H groups in total. The molecule has 0 amide bonds. The molecule has 0 aliphatic heterocycles. The molecule has 18 heavy (non-hydrogen) atoms. The van der Waals surface area contributed by atoms with E-state index in [2.05, 4.69) is 31.3 Å². The summed E-state index contributed by atoms with van der Waals surface area (Å²) < 4.78 is 0. The van der Waals surface area contributed by atoms with Crippen LogP contribution in [0.15, 0.2) is 54.6 Å². The number of hydrogen-bond acceptors (Lipinski definition) is 2. The van der Waals surface area contributed by atoms with E-state index in [-0.39, 0.29) is 12.1 Å². The molecule has 0 fully saturated rings. The average molecular weight is 241 g/mol. The average Bonchev–Trinajstić information content (AvgIpc) is 2.39. The van der Waals surface area contributed by atoms with Gasteiger partial charge in [-0.05, 0) is 37.1 Å². The third kappa shape index (κ3) is 3.11. The van der Waals surface area contributed by atoms with Crippen LogP contribution in [0.25, 0.3) is 0 Å². The van der Waals surface area contributed by atoms with E-state index in [4.69, 9.17) is 0 Å². The zero-order valence-electron chi connectivity index (χ0n) is 10.8. The maximum absolute atomic E-state index is 9.49. The maximum atomic E-state index is 9.49. The van der Waals surface area contributed by atoms with Crippen molar-refractivity contribution in [1.29, 1.82) is 0 Å². The molecule has 0 aliphatic rings. The van der Waals surface area contributed by atoms with Gasteiger partial charge in [-0.15, -0.1) is 0 Å². The van der Waals surface area contributed by atoms with Crippen molar-refractivity contribution in [3.8, 4) is 5.75 Å². The minimum absolute atomic E-state index is 0.201. The van der Waals surface area contributed by atoms with Gasteiger partial charge in [0.25, 0.3) is 0 Å². The van der Waals surface area contributed by atoms with Crippen molar-refractivity contribution in [3.05, 3.63) is 65.7 Å².